The number of rotatable bonds is 6. The minimum Gasteiger partial charge on any atom is -0.371 e. The fourth-order valence-electron chi connectivity index (χ4n) is 4.04. The molecule has 4 heteroatoms. The second-order valence-electron chi connectivity index (χ2n) is 7.55. The van der Waals surface area contributed by atoms with E-state index in [1.54, 1.807) is 0 Å². The van der Waals surface area contributed by atoms with E-state index in [1.165, 1.54) is 11.1 Å². The summed E-state index contributed by atoms with van der Waals surface area (Å²) in [4.78, 5) is 0. The van der Waals surface area contributed by atoms with Crippen LogP contribution in [0.15, 0.2) is 24.3 Å². The van der Waals surface area contributed by atoms with E-state index in [2.05, 4.69) is 27.0 Å². The van der Waals surface area contributed by atoms with Gasteiger partial charge in [-0.05, 0) is 56.1 Å². The molecule has 0 aliphatic carbocycles. The van der Waals surface area contributed by atoms with Crippen LogP contribution in [-0.2, 0) is 18.9 Å². The number of ether oxygens (including phenoxy) is 4. The van der Waals surface area contributed by atoms with E-state index in [1.807, 2.05) is 0 Å². The predicted molar refractivity (Wildman–Crippen MR) is 93.8 cm³/mol. The zero-order chi connectivity index (χ0) is 17.1. The van der Waals surface area contributed by atoms with Crippen molar-refractivity contribution in [2.45, 2.75) is 83.1 Å². The zero-order valence-corrected chi connectivity index (χ0v) is 15.2. The lowest BCUT2D eigenvalue weighted by Gasteiger charge is -2.34. The first-order valence-electron chi connectivity index (χ1n) is 9.43. The average Bonchev–Trinajstić information content (AvgIpc) is 3.18. The third-order valence-electron chi connectivity index (χ3n) is 5.64. The molecule has 0 unspecified atom stereocenters. The van der Waals surface area contributed by atoms with Gasteiger partial charge in [-0.3, -0.25) is 0 Å². The van der Waals surface area contributed by atoms with Gasteiger partial charge in [-0.2, -0.15) is 0 Å². The molecular formula is C20H32O4. The van der Waals surface area contributed by atoms with E-state index in [4.69, 9.17) is 18.9 Å². The number of hydrogen-bond acceptors (Lipinski definition) is 4. The van der Waals surface area contributed by atoms with Crippen molar-refractivity contribution in [3.8, 4) is 0 Å². The Kier molecular flexibility index (Phi) is 6.14. The first-order valence-corrected chi connectivity index (χ1v) is 9.43. The van der Waals surface area contributed by atoms with E-state index >= 15 is 0 Å². The van der Waals surface area contributed by atoms with Crippen LogP contribution in [-0.4, -0.2) is 43.9 Å². The highest BCUT2D eigenvalue weighted by Gasteiger charge is 2.32. The van der Waals surface area contributed by atoms with Crippen molar-refractivity contribution in [2.24, 2.45) is 5.92 Å². The monoisotopic (exact) mass is 336 g/mol. The lowest BCUT2D eigenvalue weighted by atomic mass is 9.87. The molecule has 0 aromatic heterocycles. The van der Waals surface area contributed by atoms with Crippen molar-refractivity contribution in [1.29, 1.82) is 0 Å². The highest BCUT2D eigenvalue weighted by atomic mass is 16.7. The topological polar surface area (TPSA) is 36.9 Å². The van der Waals surface area contributed by atoms with Gasteiger partial charge < -0.3 is 18.9 Å². The minimum absolute atomic E-state index is 0.0346. The van der Waals surface area contributed by atoms with Crippen LogP contribution in [0.2, 0.25) is 0 Å². The summed E-state index contributed by atoms with van der Waals surface area (Å²) in [6.45, 7) is 14.2. The van der Waals surface area contributed by atoms with Gasteiger partial charge in [0.1, 0.15) is 0 Å². The minimum atomic E-state index is -0.0346. The molecule has 3 aliphatic rings. The van der Waals surface area contributed by atoms with Gasteiger partial charge in [0.25, 0.3) is 0 Å². The van der Waals surface area contributed by atoms with E-state index < -0.39 is 0 Å². The highest BCUT2D eigenvalue weighted by Crippen LogP contribution is 2.34. The molecule has 3 aliphatic heterocycles. The summed E-state index contributed by atoms with van der Waals surface area (Å²) in [7, 11) is 0. The van der Waals surface area contributed by atoms with E-state index in [0.717, 1.165) is 51.7 Å². The lowest BCUT2D eigenvalue weighted by molar-refractivity contribution is -0.0607. The Labute approximate surface area is 146 Å². The van der Waals surface area contributed by atoms with Crippen molar-refractivity contribution < 1.29 is 18.9 Å². The van der Waals surface area contributed by atoms with Crippen molar-refractivity contribution in [1.82, 2.24) is 0 Å². The molecule has 0 spiro atoms. The Morgan fingerprint density at radius 2 is 1.62 bits per heavy atom. The third-order valence-corrected chi connectivity index (χ3v) is 5.64. The van der Waals surface area contributed by atoms with Gasteiger partial charge in [-0.15, -0.1) is 0 Å². The highest BCUT2D eigenvalue weighted by molar-refractivity contribution is 5.11. The first-order chi connectivity index (χ1) is 11.5. The predicted octanol–water partition coefficient (Wildman–Crippen LogP) is 4.00. The molecule has 3 rings (SSSR count). The maximum Gasteiger partial charge on any atom is 0.157 e. The molecule has 0 saturated carbocycles. The SMILES string of the molecule is C=C1C[C@H](CCC2OCCO2)O[C@H]1CC[C@H]1C[C@@H](C)C(=C)[C@@H](C)O1. The maximum atomic E-state index is 6.22. The van der Waals surface area contributed by atoms with Crippen LogP contribution < -0.4 is 0 Å². The third kappa shape index (κ3) is 4.48. The summed E-state index contributed by atoms with van der Waals surface area (Å²) in [5.41, 5.74) is 2.46. The van der Waals surface area contributed by atoms with Crippen molar-refractivity contribution in [2.75, 3.05) is 13.2 Å². The molecule has 3 saturated heterocycles. The van der Waals surface area contributed by atoms with Gasteiger partial charge in [-0.1, -0.05) is 20.1 Å². The summed E-state index contributed by atoms with van der Waals surface area (Å²) in [6.07, 6.45) is 6.86. The Morgan fingerprint density at radius 1 is 0.917 bits per heavy atom. The van der Waals surface area contributed by atoms with Crippen LogP contribution in [0.3, 0.4) is 0 Å². The molecule has 3 fully saturated rings. The zero-order valence-electron chi connectivity index (χ0n) is 15.2. The summed E-state index contributed by atoms with van der Waals surface area (Å²) in [6, 6.07) is 0. The van der Waals surface area contributed by atoms with Crippen LogP contribution in [0.4, 0.5) is 0 Å². The second kappa shape index (κ2) is 8.13. The normalized spacial score (nSPS) is 38.2. The molecule has 3 heterocycles. The second-order valence-corrected chi connectivity index (χ2v) is 7.55. The van der Waals surface area contributed by atoms with Gasteiger partial charge in [0.2, 0.25) is 0 Å². The first kappa shape index (κ1) is 18.1. The summed E-state index contributed by atoms with van der Waals surface area (Å²) in [5.74, 6) is 0.547. The standard InChI is InChI=1S/C20H32O4/c1-13-11-17(23-16(4)15(13)3)5-7-19-14(2)12-18(24-19)6-8-20-21-9-10-22-20/h13,16-20H,2-3,5-12H2,1,4H3/t13-,16-,17+,18+,19+/m1/s1. The van der Waals surface area contributed by atoms with Crippen LogP contribution in [0.1, 0.15) is 52.4 Å². The maximum absolute atomic E-state index is 6.22. The van der Waals surface area contributed by atoms with Gasteiger partial charge in [-0.25, -0.2) is 0 Å². The molecule has 0 N–H and O–H groups in total. The molecule has 0 bridgehead atoms. The van der Waals surface area contributed by atoms with E-state index in [0.29, 0.717) is 12.0 Å². The molecule has 0 aromatic carbocycles. The molecule has 0 radical (unpaired) electrons. The molecular weight excluding hydrogens is 304 g/mol. The van der Waals surface area contributed by atoms with Crippen LogP contribution in [0.5, 0.6) is 0 Å². The average molecular weight is 336 g/mol. The summed E-state index contributed by atoms with van der Waals surface area (Å²) in [5, 5.41) is 0. The summed E-state index contributed by atoms with van der Waals surface area (Å²) < 4.78 is 23.3. The Bertz CT molecular complexity index is 441. The van der Waals surface area contributed by atoms with Crippen molar-refractivity contribution in [3.05, 3.63) is 24.3 Å². The molecule has 0 amide bonds. The largest absolute Gasteiger partial charge is 0.371 e. The molecule has 4 nitrogen and oxygen atoms in total. The van der Waals surface area contributed by atoms with E-state index in [9.17, 15) is 0 Å². The molecule has 5 atom stereocenters. The van der Waals surface area contributed by atoms with Crippen molar-refractivity contribution in [3.63, 3.8) is 0 Å². The Hall–Kier alpha value is -0.680. The van der Waals surface area contributed by atoms with Crippen LogP contribution in [0, 0.1) is 5.92 Å². The Morgan fingerprint density at radius 3 is 2.33 bits per heavy atom. The van der Waals surface area contributed by atoms with E-state index in [-0.39, 0.29) is 24.6 Å². The molecule has 0 aromatic rings. The van der Waals surface area contributed by atoms with Gasteiger partial charge in [0.05, 0.1) is 37.6 Å². The van der Waals surface area contributed by atoms with Gasteiger partial charge in [0, 0.05) is 6.42 Å². The molecule has 24 heavy (non-hydrogen) atoms. The van der Waals surface area contributed by atoms with Gasteiger partial charge >= 0.3 is 0 Å². The Balaban J connectivity index is 1.39. The number of hydrogen-bond donors (Lipinski definition) is 0. The summed E-state index contributed by atoms with van der Waals surface area (Å²) >= 11 is 0. The van der Waals surface area contributed by atoms with Crippen LogP contribution in [0.25, 0.3) is 0 Å². The lowest BCUT2D eigenvalue weighted by Crippen LogP contribution is -2.32. The van der Waals surface area contributed by atoms with Crippen molar-refractivity contribution >= 4 is 0 Å². The van der Waals surface area contributed by atoms with Crippen LogP contribution >= 0.6 is 0 Å². The quantitative estimate of drug-likeness (QED) is 0.687. The van der Waals surface area contributed by atoms with Gasteiger partial charge in [0.15, 0.2) is 6.29 Å². The smallest absolute Gasteiger partial charge is 0.157 e. The fraction of sp³-hybridized carbons (Fsp3) is 0.800. The fourth-order valence-corrected chi connectivity index (χ4v) is 4.04. The molecule has 136 valence electrons.